The van der Waals surface area contributed by atoms with Gasteiger partial charge in [-0.25, -0.2) is 5.32 Å². The van der Waals surface area contributed by atoms with Gasteiger partial charge in [0, 0.05) is 19.6 Å². The lowest BCUT2D eigenvalue weighted by Crippen LogP contribution is -2.31. The van der Waals surface area contributed by atoms with Crippen molar-refractivity contribution in [2.45, 2.75) is 40.0 Å². The standard InChI is InChI=1S/C11H25N2/c1-4-7-12-8-11-13(9-5-2)10-6-3/h4-11H2,1-3H3. The highest BCUT2D eigenvalue weighted by Gasteiger charge is 2.00. The minimum absolute atomic E-state index is 1.02. The zero-order valence-electron chi connectivity index (χ0n) is 9.55. The molecule has 0 aromatic carbocycles. The van der Waals surface area contributed by atoms with Gasteiger partial charge in [-0.15, -0.1) is 0 Å². The Balaban J connectivity index is 3.33. The van der Waals surface area contributed by atoms with Crippen molar-refractivity contribution in [2.24, 2.45) is 0 Å². The van der Waals surface area contributed by atoms with E-state index < -0.39 is 0 Å². The minimum Gasteiger partial charge on any atom is -0.302 e. The highest BCUT2D eigenvalue weighted by atomic mass is 15.1. The normalized spacial score (nSPS) is 11.1. The SMILES string of the molecule is CCC[N]CCN(CCC)CCC. The van der Waals surface area contributed by atoms with Crippen LogP contribution in [0.25, 0.3) is 0 Å². The smallest absolute Gasteiger partial charge is 0.0261 e. The molecule has 2 heteroatoms. The van der Waals surface area contributed by atoms with Gasteiger partial charge in [0.05, 0.1) is 0 Å². The first-order chi connectivity index (χ1) is 6.35. The van der Waals surface area contributed by atoms with Crippen molar-refractivity contribution in [3.05, 3.63) is 0 Å². The molecule has 0 bridgehead atoms. The molecule has 79 valence electrons. The van der Waals surface area contributed by atoms with E-state index in [4.69, 9.17) is 0 Å². The molecule has 13 heavy (non-hydrogen) atoms. The first-order valence-electron chi connectivity index (χ1n) is 5.70. The highest BCUT2D eigenvalue weighted by molar-refractivity contribution is 4.57. The third-order valence-corrected chi connectivity index (χ3v) is 2.04. The van der Waals surface area contributed by atoms with E-state index in [1.54, 1.807) is 0 Å². The van der Waals surface area contributed by atoms with Crippen LogP contribution >= 0.6 is 0 Å². The van der Waals surface area contributed by atoms with Crippen molar-refractivity contribution in [2.75, 3.05) is 32.7 Å². The Hall–Kier alpha value is -0.0800. The molecule has 0 amide bonds. The summed E-state index contributed by atoms with van der Waals surface area (Å²) in [5, 5.41) is 4.45. The molecule has 0 heterocycles. The molecule has 0 saturated carbocycles. The Bertz CT molecular complexity index is 88.1. The van der Waals surface area contributed by atoms with E-state index in [-0.39, 0.29) is 0 Å². The molecule has 0 unspecified atom stereocenters. The van der Waals surface area contributed by atoms with E-state index in [9.17, 15) is 0 Å². The number of nitrogens with zero attached hydrogens (tertiary/aromatic N) is 2. The number of hydrogen-bond acceptors (Lipinski definition) is 1. The molecular formula is C11H25N2. The molecule has 0 atom stereocenters. The van der Waals surface area contributed by atoms with Crippen molar-refractivity contribution < 1.29 is 0 Å². The Morgan fingerprint density at radius 1 is 0.769 bits per heavy atom. The van der Waals surface area contributed by atoms with Crippen molar-refractivity contribution in [3.8, 4) is 0 Å². The van der Waals surface area contributed by atoms with Gasteiger partial charge in [0.25, 0.3) is 0 Å². The maximum absolute atomic E-state index is 4.45. The van der Waals surface area contributed by atoms with Gasteiger partial charge in [-0.05, 0) is 32.4 Å². The second-order valence-corrected chi connectivity index (χ2v) is 3.51. The van der Waals surface area contributed by atoms with Gasteiger partial charge in [-0.3, -0.25) is 0 Å². The van der Waals surface area contributed by atoms with Gasteiger partial charge < -0.3 is 4.90 Å². The largest absolute Gasteiger partial charge is 0.302 e. The average molecular weight is 185 g/mol. The van der Waals surface area contributed by atoms with Gasteiger partial charge in [0.15, 0.2) is 0 Å². The lowest BCUT2D eigenvalue weighted by Gasteiger charge is -2.20. The molecule has 0 aromatic rings. The third-order valence-electron chi connectivity index (χ3n) is 2.04. The van der Waals surface area contributed by atoms with Gasteiger partial charge >= 0.3 is 0 Å². The monoisotopic (exact) mass is 185 g/mol. The van der Waals surface area contributed by atoms with E-state index >= 15 is 0 Å². The Labute approximate surface area is 83.7 Å². The van der Waals surface area contributed by atoms with Crippen LogP contribution in [0.15, 0.2) is 0 Å². The third kappa shape index (κ3) is 8.26. The van der Waals surface area contributed by atoms with E-state index in [0.29, 0.717) is 0 Å². The second kappa shape index (κ2) is 10.0. The molecule has 0 aromatic heterocycles. The summed E-state index contributed by atoms with van der Waals surface area (Å²) in [7, 11) is 0. The van der Waals surface area contributed by atoms with Crippen LogP contribution in [0.3, 0.4) is 0 Å². The number of hydrogen-bond donors (Lipinski definition) is 0. The molecule has 0 aliphatic rings. The maximum Gasteiger partial charge on any atom is 0.0261 e. The summed E-state index contributed by atoms with van der Waals surface area (Å²) in [6.45, 7) is 12.3. The summed E-state index contributed by atoms with van der Waals surface area (Å²) in [6, 6.07) is 0. The molecule has 0 rings (SSSR count). The zero-order chi connectivity index (χ0) is 9.94. The van der Waals surface area contributed by atoms with E-state index in [0.717, 1.165) is 19.6 Å². The highest BCUT2D eigenvalue weighted by Crippen LogP contribution is 1.92. The number of rotatable bonds is 9. The molecule has 0 N–H and O–H groups in total. The zero-order valence-corrected chi connectivity index (χ0v) is 9.55. The molecule has 0 saturated heterocycles. The Morgan fingerprint density at radius 3 is 1.85 bits per heavy atom. The molecule has 0 aliphatic carbocycles. The fraction of sp³-hybridized carbons (Fsp3) is 1.00. The van der Waals surface area contributed by atoms with Crippen LogP contribution in [-0.2, 0) is 0 Å². The molecule has 0 spiro atoms. The van der Waals surface area contributed by atoms with Gasteiger partial charge in [-0.2, -0.15) is 0 Å². The topological polar surface area (TPSA) is 17.3 Å². The van der Waals surface area contributed by atoms with Crippen LogP contribution < -0.4 is 5.32 Å². The van der Waals surface area contributed by atoms with Gasteiger partial charge in [-0.1, -0.05) is 20.8 Å². The molecule has 0 fully saturated rings. The van der Waals surface area contributed by atoms with E-state index in [1.807, 2.05) is 0 Å². The fourth-order valence-electron chi connectivity index (χ4n) is 1.45. The van der Waals surface area contributed by atoms with Crippen molar-refractivity contribution in [3.63, 3.8) is 0 Å². The summed E-state index contributed by atoms with van der Waals surface area (Å²) in [5.41, 5.74) is 0. The van der Waals surface area contributed by atoms with Crippen molar-refractivity contribution in [1.82, 2.24) is 10.2 Å². The van der Waals surface area contributed by atoms with Crippen LogP contribution in [-0.4, -0.2) is 37.6 Å². The Morgan fingerprint density at radius 2 is 1.38 bits per heavy atom. The van der Waals surface area contributed by atoms with Gasteiger partial charge in [0.1, 0.15) is 0 Å². The Kier molecular flexibility index (Phi) is 9.94. The molecule has 0 aliphatic heterocycles. The van der Waals surface area contributed by atoms with Crippen LogP contribution in [0.2, 0.25) is 0 Å². The summed E-state index contributed by atoms with van der Waals surface area (Å²) >= 11 is 0. The second-order valence-electron chi connectivity index (χ2n) is 3.51. The summed E-state index contributed by atoms with van der Waals surface area (Å²) in [5.74, 6) is 0. The average Bonchev–Trinajstić information content (AvgIpc) is 2.13. The first kappa shape index (κ1) is 12.9. The van der Waals surface area contributed by atoms with Crippen LogP contribution in [0.5, 0.6) is 0 Å². The van der Waals surface area contributed by atoms with Crippen LogP contribution in [0.4, 0.5) is 0 Å². The molecule has 2 nitrogen and oxygen atoms in total. The van der Waals surface area contributed by atoms with Crippen LogP contribution in [0.1, 0.15) is 40.0 Å². The summed E-state index contributed by atoms with van der Waals surface area (Å²) in [6.07, 6.45) is 3.70. The van der Waals surface area contributed by atoms with E-state index in [1.165, 1.54) is 32.4 Å². The van der Waals surface area contributed by atoms with Gasteiger partial charge in [0.2, 0.25) is 0 Å². The van der Waals surface area contributed by atoms with Crippen molar-refractivity contribution >= 4 is 0 Å². The fourth-order valence-corrected chi connectivity index (χ4v) is 1.45. The molecule has 1 radical (unpaired) electrons. The van der Waals surface area contributed by atoms with Crippen LogP contribution in [0, 0.1) is 0 Å². The maximum atomic E-state index is 4.45. The predicted molar refractivity (Wildman–Crippen MR) is 59.2 cm³/mol. The first-order valence-corrected chi connectivity index (χ1v) is 5.70. The summed E-state index contributed by atoms with van der Waals surface area (Å²) < 4.78 is 0. The van der Waals surface area contributed by atoms with Crippen molar-refractivity contribution in [1.29, 1.82) is 0 Å². The molecular weight excluding hydrogens is 160 g/mol. The quantitative estimate of drug-likeness (QED) is 0.503. The minimum atomic E-state index is 1.02. The summed E-state index contributed by atoms with van der Waals surface area (Å²) in [4.78, 5) is 2.51. The predicted octanol–water partition coefficient (Wildman–Crippen LogP) is 2.12. The lowest BCUT2D eigenvalue weighted by molar-refractivity contribution is 0.273. The lowest BCUT2D eigenvalue weighted by atomic mass is 10.3. The van der Waals surface area contributed by atoms with E-state index in [2.05, 4.69) is 31.0 Å².